The van der Waals surface area contributed by atoms with Crippen LogP contribution < -0.4 is 4.90 Å². The summed E-state index contributed by atoms with van der Waals surface area (Å²) in [6.45, 7) is 0.677. The number of hydrogen-bond acceptors (Lipinski definition) is 4. The molecule has 2 aliphatic heterocycles. The van der Waals surface area contributed by atoms with Crippen molar-refractivity contribution in [1.29, 1.82) is 0 Å². The molecule has 8 nitrogen and oxygen atoms in total. The summed E-state index contributed by atoms with van der Waals surface area (Å²) in [5, 5.41) is 9.57. The van der Waals surface area contributed by atoms with E-state index in [1.54, 1.807) is 0 Å². The average Bonchev–Trinajstić information content (AvgIpc) is 3.57. The molecule has 0 radical (unpaired) electrons. The number of amides is 3. The summed E-state index contributed by atoms with van der Waals surface area (Å²) in [5.41, 5.74) is 2.68. The average molecular weight is 490 g/mol. The zero-order chi connectivity index (χ0) is 24.8. The van der Waals surface area contributed by atoms with Crippen molar-refractivity contribution >= 4 is 23.8 Å². The zero-order valence-electron chi connectivity index (χ0n) is 20.2. The van der Waals surface area contributed by atoms with E-state index in [0.29, 0.717) is 13.0 Å². The minimum atomic E-state index is -0.944. The Balaban J connectivity index is 1.33. The number of likely N-dealkylation sites (tertiary alicyclic amines) is 1. The Hall–Kier alpha value is -3.55. The molecule has 0 spiro atoms. The minimum Gasteiger partial charge on any atom is -0.480 e. The fourth-order valence-corrected chi connectivity index (χ4v) is 6.28. The molecule has 6 rings (SSSR count). The number of fused-ring (bicyclic) bond motifs is 2. The van der Waals surface area contributed by atoms with Gasteiger partial charge in [-0.3, -0.25) is 4.90 Å². The van der Waals surface area contributed by atoms with E-state index in [4.69, 9.17) is 4.74 Å². The van der Waals surface area contributed by atoms with E-state index in [1.165, 1.54) is 4.90 Å². The number of carbonyl (C=O) groups excluding carboxylic acids is 2. The number of carboxylic acids is 1. The molecular weight excluding hydrogens is 458 g/mol. The lowest BCUT2D eigenvalue weighted by atomic mass is 9.81. The highest BCUT2D eigenvalue weighted by atomic mass is 16.6. The number of hydrogen-bond donors (Lipinski definition) is 1. The van der Waals surface area contributed by atoms with Gasteiger partial charge in [0.2, 0.25) is 0 Å². The molecule has 36 heavy (non-hydrogen) atoms. The summed E-state index contributed by atoms with van der Waals surface area (Å²) < 4.78 is 5.77. The van der Waals surface area contributed by atoms with Crippen molar-refractivity contribution in [3.8, 4) is 0 Å². The number of aliphatic carboxylic acids is 1. The highest BCUT2D eigenvalue weighted by Gasteiger charge is 2.53. The van der Waals surface area contributed by atoms with Gasteiger partial charge in [0.05, 0.1) is 11.7 Å². The molecule has 1 saturated heterocycles. The topological polar surface area (TPSA) is 90.4 Å². The predicted octanol–water partition coefficient (Wildman–Crippen LogP) is 4.80. The molecule has 2 saturated carbocycles. The Morgan fingerprint density at radius 2 is 1.69 bits per heavy atom. The third kappa shape index (κ3) is 3.88. The number of carbonyl (C=O) groups is 3. The van der Waals surface area contributed by atoms with Gasteiger partial charge in [-0.1, -0.05) is 55.0 Å². The molecule has 2 aromatic carbocycles. The number of benzene rings is 2. The fourth-order valence-electron chi connectivity index (χ4n) is 6.28. The van der Waals surface area contributed by atoms with Crippen LogP contribution in [0.3, 0.4) is 0 Å². The van der Waals surface area contributed by atoms with Gasteiger partial charge in [0.25, 0.3) is 0 Å². The van der Waals surface area contributed by atoms with Crippen LogP contribution in [0.4, 0.5) is 15.3 Å². The Kier molecular flexibility index (Phi) is 5.82. The van der Waals surface area contributed by atoms with E-state index < -0.39 is 12.0 Å². The normalized spacial score (nSPS) is 26.4. The highest BCUT2D eigenvalue weighted by molar-refractivity contribution is 5.91. The van der Waals surface area contributed by atoms with Gasteiger partial charge in [0, 0.05) is 24.5 Å². The molecule has 188 valence electrons. The maximum absolute atomic E-state index is 13.8. The van der Waals surface area contributed by atoms with Crippen LogP contribution in [0.15, 0.2) is 54.6 Å². The van der Waals surface area contributed by atoms with Crippen molar-refractivity contribution in [2.24, 2.45) is 5.92 Å². The van der Waals surface area contributed by atoms with Crippen LogP contribution >= 0.6 is 0 Å². The van der Waals surface area contributed by atoms with Crippen LogP contribution in [0.1, 0.15) is 55.7 Å². The molecule has 3 unspecified atom stereocenters. The third-order valence-corrected chi connectivity index (χ3v) is 8.20. The summed E-state index contributed by atoms with van der Waals surface area (Å²) in [5.74, 6) is -0.862. The van der Waals surface area contributed by atoms with Gasteiger partial charge in [-0.15, -0.1) is 0 Å². The molecule has 8 heteroatoms. The maximum Gasteiger partial charge on any atom is 0.414 e. The summed E-state index contributed by atoms with van der Waals surface area (Å²) in [7, 11) is 0. The lowest BCUT2D eigenvalue weighted by Crippen LogP contribution is -2.61. The van der Waals surface area contributed by atoms with E-state index in [1.807, 2.05) is 64.4 Å². The van der Waals surface area contributed by atoms with Crippen molar-refractivity contribution in [3.63, 3.8) is 0 Å². The second kappa shape index (κ2) is 9.15. The summed E-state index contributed by atoms with van der Waals surface area (Å²) >= 11 is 0. The van der Waals surface area contributed by atoms with E-state index >= 15 is 0 Å². The van der Waals surface area contributed by atoms with Crippen LogP contribution in [0.25, 0.3) is 0 Å². The molecule has 0 bridgehead atoms. The van der Waals surface area contributed by atoms with Crippen LogP contribution in [0.2, 0.25) is 0 Å². The number of ether oxygens (including phenoxy) is 1. The first kappa shape index (κ1) is 22.9. The van der Waals surface area contributed by atoms with E-state index in [0.717, 1.165) is 48.9 Å². The van der Waals surface area contributed by atoms with Crippen LogP contribution in [-0.2, 0) is 16.1 Å². The first-order chi connectivity index (χ1) is 17.5. The third-order valence-electron chi connectivity index (χ3n) is 8.20. The van der Waals surface area contributed by atoms with Crippen LogP contribution in [-0.4, -0.2) is 57.7 Å². The van der Waals surface area contributed by atoms with Gasteiger partial charge in [0.15, 0.2) is 0 Å². The van der Waals surface area contributed by atoms with Gasteiger partial charge >= 0.3 is 18.1 Å². The number of urea groups is 1. The molecule has 4 aliphatic rings. The SMILES string of the molecule is O=C(O)[C@@H]1CCN1C(=O)N(C1CC1)C1c2ccccc2N(C(=O)OCc2ccccc2)C2CCCC21. The predicted molar refractivity (Wildman–Crippen MR) is 132 cm³/mol. The molecule has 2 aromatic rings. The minimum absolute atomic E-state index is 0.0612. The molecule has 2 heterocycles. The number of nitrogens with zero attached hydrogens (tertiary/aromatic N) is 3. The lowest BCUT2D eigenvalue weighted by molar-refractivity contribution is -0.146. The van der Waals surface area contributed by atoms with E-state index in [-0.39, 0.29) is 42.8 Å². The molecule has 4 atom stereocenters. The summed E-state index contributed by atoms with van der Waals surface area (Å²) in [6.07, 6.45) is 4.71. The zero-order valence-corrected chi connectivity index (χ0v) is 20.2. The molecule has 2 aliphatic carbocycles. The summed E-state index contributed by atoms with van der Waals surface area (Å²) in [4.78, 5) is 44.2. The van der Waals surface area contributed by atoms with Crippen LogP contribution in [0.5, 0.6) is 0 Å². The molecule has 0 aromatic heterocycles. The van der Waals surface area contributed by atoms with Gasteiger partial charge in [0.1, 0.15) is 12.6 Å². The number of carboxylic acid groups (broad SMARTS) is 1. The number of rotatable bonds is 5. The number of anilines is 1. The van der Waals surface area contributed by atoms with Gasteiger partial charge < -0.3 is 19.6 Å². The Labute approximate surface area is 210 Å². The van der Waals surface area contributed by atoms with Crippen molar-refractivity contribution in [3.05, 3.63) is 65.7 Å². The van der Waals surface area contributed by atoms with Crippen molar-refractivity contribution < 1.29 is 24.2 Å². The second-order valence-corrected chi connectivity index (χ2v) is 10.3. The Morgan fingerprint density at radius 1 is 0.944 bits per heavy atom. The smallest absolute Gasteiger partial charge is 0.414 e. The van der Waals surface area contributed by atoms with E-state index in [2.05, 4.69) is 0 Å². The molecule has 1 N–H and O–H groups in total. The van der Waals surface area contributed by atoms with Gasteiger partial charge in [-0.2, -0.15) is 0 Å². The fraction of sp³-hybridized carbons (Fsp3) is 0.464. The van der Waals surface area contributed by atoms with E-state index in [9.17, 15) is 19.5 Å². The Morgan fingerprint density at radius 3 is 2.39 bits per heavy atom. The standard InChI is InChI=1S/C28H31N3O5/c32-26(33)24-15-16-29(24)27(34)30(19-13-14-19)25-20-9-4-5-11-22(20)31(23-12-6-10-21(23)25)28(35)36-17-18-7-2-1-3-8-18/h1-5,7-9,11,19,21,23-25H,6,10,12-17H2,(H,32,33)/t21?,23?,24-,25?/m0/s1. The second-order valence-electron chi connectivity index (χ2n) is 10.3. The lowest BCUT2D eigenvalue weighted by Gasteiger charge is -2.49. The molecule has 3 amide bonds. The molecule has 3 fully saturated rings. The van der Waals surface area contributed by atoms with Crippen molar-refractivity contribution in [2.75, 3.05) is 11.4 Å². The van der Waals surface area contributed by atoms with Gasteiger partial charge in [-0.05, 0) is 49.3 Å². The van der Waals surface area contributed by atoms with Crippen molar-refractivity contribution in [2.45, 2.75) is 69.3 Å². The maximum atomic E-state index is 13.8. The van der Waals surface area contributed by atoms with Gasteiger partial charge in [-0.25, -0.2) is 14.4 Å². The number of para-hydroxylation sites is 1. The first-order valence-electron chi connectivity index (χ1n) is 12.9. The highest BCUT2D eigenvalue weighted by Crippen LogP contribution is 2.53. The van der Waals surface area contributed by atoms with Crippen LogP contribution in [0, 0.1) is 5.92 Å². The quantitative estimate of drug-likeness (QED) is 0.652. The first-order valence-corrected chi connectivity index (χ1v) is 12.9. The molecular formula is C28H31N3O5. The largest absolute Gasteiger partial charge is 0.480 e. The summed E-state index contributed by atoms with van der Waals surface area (Å²) in [6, 6.07) is 16.4. The monoisotopic (exact) mass is 489 g/mol. The van der Waals surface area contributed by atoms with Crippen molar-refractivity contribution in [1.82, 2.24) is 9.80 Å². The Bertz CT molecular complexity index is 1170.